The molecule has 0 rings (SSSR count). The fourth-order valence-corrected chi connectivity index (χ4v) is 0.790. The summed E-state index contributed by atoms with van der Waals surface area (Å²) in [5, 5.41) is 0. The standard InChI is InChI=1S/C9H19N.C3H8/c1-5-6-7-8-10(4)9(2)3;1-3-2/h2,5-8H2,1,3-4H3;3H2,1-2H3. The van der Waals surface area contributed by atoms with Crippen molar-refractivity contribution in [3.63, 3.8) is 0 Å². The molecule has 80 valence electrons. The number of allylic oxidation sites excluding steroid dienone is 1. The van der Waals surface area contributed by atoms with Crippen molar-refractivity contribution in [3.05, 3.63) is 12.3 Å². The summed E-state index contributed by atoms with van der Waals surface area (Å²) < 4.78 is 0. The van der Waals surface area contributed by atoms with Gasteiger partial charge in [-0.3, -0.25) is 0 Å². The summed E-state index contributed by atoms with van der Waals surface area (Å²) in [6.45, 7) is 13.5. The highest BCUT2D eigenvalue weighted by molar-refractivity contribution is 4.85. The summed E-state index contributed by atoms with van der Waals surface area (Å²) in [6, 6.07) is 0. The lowest BCUT2D eigenvalue weighted by molar-refractivity contribution is 0.404. The Bertz CT molecular complexity index is 108. The molecule has 0 saturated heterocycles. The maximum atomic E-state index is 3.86. The lowest BCUT2D eigenvalue weighted by Gasteiger charge is -2.17. The Labute approximate surface area is 84.8 Å². The van der Waals surface area contributed by atoms with Gasteiger partial charge in [0, 0.05) is 19.3 Å². The Kier molecular flexibility index (Phi) is 13.3. The average Bonchev–Trinajstić information content (AvgIpc) is 2.06. The largest absolute Gasteiger partial charge is 0.379 e. The van der Waals surface area contributed by atoms with Gasteiger partial charge in [0.05, 0.1) is 0 Å². The Morgan fingerprint density at radius 1 is 1.15 bits per heavy atom. The van der Waals surface area contributed by atoms with Gasteiger partial charge in [-0.05, 0) is 13.3 Å². The Balaban J connectivity index is 0. The first-order valence-electron chi connectivity index (χ1n) is 5.46. The van der Waals surface area contributed by atoms with Crippen LogP contribution in [0.4, 0.5) is 0 Å². The third-order valence-corrected chi connectivity index (χ3v) is 1.75. The van der Waals surface area contributed by atoms with Crippen molar-refractivity contribution in [2.24, 2.45) is 0 Å². The van der Waals surface area contributed by atoms with Gasteiger partial charge in [0.15, 0.2) is 0 Å². The van der Waals surface area contributed by atoms with Gasteiger partial charge in [-0.2, -0.15) is 0 Å². The zero-order valence-corrected chi connectivity index (χ0v) is 10.2. The van der Waals surface area contributed by atoms with Crippen LogP contribution in [0.2, 0.25) is 0 Å². The molecule has 1 heteroatoms. The molecule has 0 radical (unpaired) electrons. The van der Waals surface area contributed by atoms with Crippen LogP contribution in [0, 0.1) is 0 Å². The van der Waals surface area contributed by atoms with E-state index in [9.17, 15) is 0 Å². The van der Waals surface area contributed by atoms with Crippen molar-refractivity contribution in [1.82, 2.24) is 4.90 Å². The van der Waals surface area contributed by atoms with Crippen molar-refractivity contribution in [3.8, 4) is 0 Å². The predicted octanol–water partition coefficient (Wildman–Crippen LogP) is 4.06. The van der Waals surface area contributed by atoms with Crippen LogP contribution in [0.25, 0.3) is 0 Å². The van der Waals surface area contributed by atoms with E-state index in [0.717, 1.165) is 12.2 Å². The van der Waals surface area contributed by atoms with Crippen LogP contribution in [0.15, 0.2) is 12.3 Å². The maximum Gasteiger partial charge on any atom is 0.0171 e. The molecule has 0 aromatic carbocycles. The fourth-order valence-electron chi connectivity index (χ4n) is 0.790. The van der Waals surface area contributed by atoms with Crippen molar-refractivity contribution in [2.75, 3.05) is 13.6 Å². The van der Waals surface area contributed by atoms with Gasteiger partial charge in [-0.25, -0.2) is 0 Å². The summed E-state index contributed by atoms with van der Waals surface area (Å²) in [5.74, 6) is 0. The molecular weight excluding hydrogens is 158 g/mol. The van der Waals surface area contributed by atoms with Crippen LogP contribution in [-0.2, 0) is 0 Å². The van der Waals surface area contributed by atoms with E-state index in [-0.39, 0.29) is 0 Å². The van der Waals surface area contributed by atoms with E-state index < -0.39 is 0 Å². The highest BCUT2D eigenvalue weighted by atomic mass is 15.1. The fraction of sp³-hybridized carbons (Fsp3) is 0.833. The van der Waals surface area contributed by atoms with Gasteiger partial charge < -0.3 is 4.90 Å². The highest BCUT2D eigenvalue weighted by Gasteiger charge is 1.93. The molecule has 0 aromatic heterocycles. The molecule has 0 atom stereocenters. The quantitative estimate of drug-likeness (QED) is 0.584. The van der Waals surface area contributed by atoms with E-state index in [1.165, 1.54) is 25.7 Å². The topological polar surface area (TPSA) is 3.24 Å². The number of rotatable bonds is 5. The minimum absolute atomic E-state index is 1.16. The second-order valence-corrected chi connectivity index (χ2v) is 3.57. The number of hydrogen-bond donors (Lipinski definition) is 0. The number of unbranched alkanes of at least 4 members (excludes halogenated alkanes) is 2. The molecule has 0 saturated carbocycles. The molecule has 0 aliphatic rings. The van der Waals surface area contributed by atoms with E-state index >= 15 is 0 Å². The summed E-state index contributed by atoms with van der Waals surface area (Å²) in [4.78, 5) is 2.20. The Hall–Kier alpha value is -0.460. The molecule has 0 aliphatic carbocycles. The first-order chi connectivity index (χ1) is 6.09. The summed E-state index contributed by atoms with van der Waals surface area (Å²) in [7, 11) is 2.10. The molecule has 0 aromatic rings. The smallest absolute Gasteiger partial charge is 0.0171 e. The van der Waals surface area contributed by atoms with Gasteiger partial charge in [-0.1, -0.05) is 46.6 Å². The van der Waals surface area contributed by atoms with Crippen LogP contribution >= 0.6 is 0 Å². The Morgan fingerprint density at radius 2 is 1.62 bits per heavy atom. The van der Waals surface area contributed by atoms with Crippen LogP contribution < -0.4 is 0 Å². The highest BCUT2D eigenvalue weighted by Crippen LogP contribution is 2.00. The summed E-state index contributed by atoms with van der Waals surface area (Å²) >= 11 is 0. The number of nitrogens with zero attached hydrogens (tertiary/aromatic N) is 1. The van der Waals surface area contributed by atoms with E-state index in [1.807, 2.05) is 6.92 Å². The van der Waals surface area contributed by atoms with Gasteiger partial charge >= 0.3 is 0 Å². The molecular formula is C12H27N. The van der Waals surface area contributed by atoms with E-state index in [4.69, 9.17) is 0 Å². The SMILES string of the molecule is C=C(C)N(C)CCCCC.CCC. The van der Waals surface area contributed by atoms with Gasteiger partial charge in [0.2, 0.25) is 0 Å². The Morgan fingerprint density at radius 3 is 1.92 bits per heavy atom. The first kappa shape index (κ1) is 15.0. The molecule has 0 amide bonds. The van der Waals surface area contributed by atoms with Crippen molar-refractivity contribution in [2.45, 2.75) is 53.4 Å². The van der Waals surface area contributed by atoms with Crippen LogP contribution in [0.1, 0.15) is 53.4 Å². The van der Waals surface area contributed by atoms with E-state index in [0.29, 0.717) is 0 Å². The minimum atomic E-state index is 1.16. The molecule has 0 aliphatic heterocycles. The molecule has 0 N–H and O–H groups in total. The molecule has 1 nitrogen and oxygen atoms in total. The van der Waals surface area contributed by atoms with Crippen molar-refractivity contribution < 1.29 is 0 Å². The van der Waals surface area contributed by atoms with Crippen molar-refractivity contribution in [1.29, 1.82) is 0 Å². The van der Waals surface area contributed by atoms with Crippen LogP contribution in [-0.4, -0.2) is 18.5 Å². The van der Waals surface area contributed by atoms with Crippen LogP contribution in [0.3, 0.4) is 0 Å². The minimum Gasteiger partial charge on any atom is -0.379 e. The zero-order chi connectivity index (χ0) is 10.7. The third-order valence-electron chi connectivity index (χ3n) is 1.75. The second kappa shape index (κ2) is 11.5. The molecule has 0 heterocycles. The molecule has 0 unspecified atom stereocenters. The van der Waals surface area contributed by atoms with Gasteiger partial charge in [0.1, 0.15) is 0 Å². The normalized spacial score (nSPS) is 8.69. The van der Waals surface area contributed by atoms with Crippen molar-refractivity contribution >= 4 is 0 Å². The average molecular weight is 185 g/mol. The monoisotopic (exact) mass is 185 g/mol. The maximum absolute atomic E-state index is 3.86. The van der Waals surface area contributed by atoms with E-state index in [2.05, 4.69) is 39.3 Å². The lowest BCUT2D eigenvalue weighted by atomic mass is 10.2. The first-order valence-corrected chi connectivity index (χ1v) is 5.46. The third kappa shape index (κ3) is 14.4. The lowest BCUT2D eigenvalue weighted by Crippen LogP contribution is -2.16. The van der Waals surface area contributed by atoms with E-state index in [1.54, 1.807) is 0 Å². The molecule has 0 spiro atoms. The van der Waals surface area contributed by atoms with Crippen LogP contribution in [0.5, 0.6) is 0 Å². The predicted molar refractivity (Wildman–Crippen MR) is 62.9 cm³/mol. The van der Waals surface area contributed by atoms with Gasteiger partial charge in [0.25, 0.3) is 0 Å². The summed E-state index contributed by atoms with van der Waals surface area (Å²) in [5.41, 5.74) is 1.16. The molecule has 0 bridgehead atoms. The second-order valence-electron chi connectivity index (χ2n) is 3.57. The number of hydrogen-bond acceptors (Lipinski definition) is 1. The summed E-state index contributed by atoms with van der Waals surface area (Å²) in [6.07, 6.45) is 5.17. The van der Waals surface area contributed by atoms with Gasteiger partial charge in [-0.15, -0.1) is 0 Å². The zero-order valence-electron chi connectivity index (χ0n) is 10.2. The molecule has 0 fully saturated rings. The molecule has 13 heavy (non-hydrogen) atoms.